The molecule has 9 heteroatoms. The van der Waals surface area contributed by atoms with Crippen LogP contribution in [0.4, 0.5) is 0 Å². The first-order valence-electron chi connectivity index (χ1n) is 10.4. The van der Waals surface area contributed by atoms with Crippen molar-refractivity contribution in [3.8, 4) is 11.5 Å². The standard InChI is InChI=1S/C22H25ClN2O5S/c23-19-10-9-17(31(27,28)25-11-5-1-2-6-12-25)13-18(19)22(26)24-14-16-15-29-20-7-3-4-8-21(20)30-16/h3-4,7-10,13,16H,1-2,5-6,11-12,14-15H2,(H,24,26)/t16-/m0/s1. The quantitative estimate of drug-likeness (QED) is 0.732. The second-order valence-electron chi connectivity index (χ2n) is 7.67. The Morgan fingerprint density at radius 1 is 1.06 bits per heavy atom. The lowest BCUT2D eigenvalue weighted by atomic mass is 10.2. The van der Waals surface area contributed by atoms with Gasteiger partial charge in [-0.3, -0.25) is 4.79 Å². The van der Waals surface area contributed by atoms with E-state index in [9.17, 15) is 13.2 Å². The molecule has 2 aromatic rings. The molecule has 2 aliphatic heterocycles. The summed E-state index contributed by atoms with van der Waals surface area (Å²) in [6.45, 7) is 1.49. The molecule has 0 spiro atoms. The van der Waals surface area contributed by atoms with Crippen molar-refractivity contribution in [3.05, 3.63) is 53.1 Å². The summed E-state index contributed by atoms with van der Waals surface area (Å²) in [6.07, 6.45) is 3.37. The van der Waals surface area contributed by atoms with Crippen LogP contribution >= 0.6 is 11.6 Å². The van der Waals surface area contributed by atoms with Crippen LogP contribution in [0.2, 0.25) is 5.02 Å². The Kier molecular flexibility index (Phi) is 6.69. The van der Waals surface area contributed by atoms with Crippen LogP contribution in [0.3, 0.4) is 0 Å². The van der Waals surface area contributed by atoms with Crippen LogP contribution in [0.15, 0.2) is 47.4 Å². The van der Waals surface area contributed by atoms with Crippen LogP contribution in [0.1, 0.15) is 36.0 Å². The molecule has 1 atom stereocenters. The fraction of sp³-hybridized carbons (Fsp3) is 0.409. The van der Waals surface area contributed by atoms with Crippen molar-refractivity contribution in [3.63, 3.8) is 0 Å². The van der Waals surface area contributed by atoms with Gasteiger partial charge in [0.2, 0.25) is 10.0 Å². The van der Waals surface area contributed by atoms with Gasteiger partial charge >= 0.3 is 0 Å². The Labute approximate surface area is 187 Å². The summed E-state index contributed by atoms with van der Waals surface area (Å²) in [4.78, 5) is 12.8. The third-order valence-electron chi connectivity index (χ3n) is 5.44. The summed E-state index contributed by atoms with van der Waals surface area (Å²) in [5.74, 6) is 0.830. The van der Waals surface area contributed by atoms with E-state index >= 15 is 0 Å². The summed E-state index contributed by atoms with van der Waals surface area (Å²) in [5.41, 5.74) is 0.120. The minimum atomic E-state index is -3.68. The number of carbonyl (C=O) groups is 1. The van der Waals surface area contributed by atoms with Gasteiger partial charge in [-0.25, -0.2) is 8.42 Å². The maximum absolute atomic E-state index is 13.1. The number of ether oxygens (including phenoxy) is 2. The van der Waals surface area contributed by atoms with E-state index in [4.69, 9.17) is 21.1 Å². The molecule has 0 saturated carbocycles. The lowest BCUT2D eigenvalue weighted by Crippen LogP contribution is -2.40. The second-order valence-corrected chi connectivity index (χ2v) is 10.0. The van der Waals surface area contributed by atoms with E-state index in [1.807, 2.05) is 18.2 Å². The largest absolute Gasteiger partial charge is 0.486 e. The summed E-state index contributed by atoms with van der Waals surface area (Å²) < 4.78 is 39.1. The first-order valence-corrected chi connectivity index (χ1v) is 12.2. The minimum absolute atomic E-state index is 0.0788. The Morgan fingerprint density at radius 3 is 2.52 bits per heavy atom. The van der Waals surface area contributed by atoms with Crippen LogP contribution in [0, 0.1) is 0 Å². The van der Waals surface area contributed by atoms with E-state index in [-0.39, 0.29) is 28.1 Å². The number of para-hydroxylation sites is 2. The fourth-order valence-electron chi connectivity index (χ4n) is 3.74. The van der Waals surface area contributed by atoms with E-state index < -0.39 is 15.9 Å². The Morgan fingerprint density at radius 2 is 1.77 bits per heavy atom. The topological polar surface area (TPSA) is 84.9 Å². The number of nitrogens with zero attached hydrogens (tertiary/aromatic N) is 1. The van der Waals surface area contributed by atoms with Gasteiger partial charge in [0, 0.05) is 13.1 Å². The molecule has 2 aliphatic rings. The van der Waals surface area contributed by atoms with Gasteiger partial charge in [-0.05, 0) is 43.2 Å². The molecule has 0 aromatic heterocycles. The monoisotopic (exact) mass is 464 g/mol. The molecule has 0 unspecified atom stereocenters. The maximum Gasteiger partial charge on any atom is 0.252 e. The highest BCUT2D eigenvalue weighted by Crippen LogP contribution is 2.31. The third-order valence-corrected chi connectivity index (χ3v) is 7.67. The zero-order chi connectivity index (χ0) is 21.8. The zero-order valence-corrected chi connectivity index (χ0v) is 18.6. The van der Waals surface area contributed by atoms with Crippen LogP contribution in [0.25, 0.3) is 0 Å². The van der Waals surface area contributed by atoms with E-state index in [1.54, 1.807) is 6.07 Å². The predicted molar refractivity (Wildman–Crippen MR) is 117 cm³/mol. The molecule has 7 nitrogen and oxygen atoms in total. The van der Waals surface area contributed by atoms with Crippen molar-refractivity contribution in [1.82, 2.24) is 9.62 Å². The van der Waals surface area contributed by atoms with Gasteiger partial charge in [0.1, 0.15) is 12.7 Å². The summed E-state index contributed by atoms with van der Waals surface area (Å²) in [5, 5.41) is 2.96. The highest BCUT2D eigenvalue weighted by atomic mass is 35.5. The second kappa shape index (κ2) is 9.46. The molecule has 1 saturated heterocycles. The Bertz CT molecular complexity index is 1050. The Hall–Kier alpha value is -2.29. The van der Waals surface area contributed by atoms with Gasteiger partial charge in [0.25, 0.3) is 5.91 Å². The number of sulfonamides is 1. The van der Waals surface area contributed by atoms with E-state index in [0.717, 1.165) is 25.7 Å². The minimum Gasteiger partial charge on any atom is -0.486 e. The first kappa shape index (κ1) is 21.9. The predicted octanol–water partition coefficient (Wildman–Crippen LogP) is 3.47. The number of nitrogens with one attached hydrogen (secondary N) is 1. The summed E-state index contributed by atoms with van der Waals surface area (Å²) in [7, 11) is -3.68. The molecule has 0 radical (unpaired) electrons. The van der Waals surface area contributed by atoms with Crippen molar-refractivity contribution in [2.75, 3.05) is 26.2 Å². The highest BCUT2D eigenvalue weighted by Gasteiger charge is 2.27. The van der Waals surface area contributed by atoms with Crippen LogP contribution in [-0.4, -0.2) is 51.0 Å². The number of fused-ring (bicyclic) bond motifs is 1. The van der Waals surface area contributed by atoms with Crippen molar-refractivity contribution < 1.29 is 22.7 Å². The van der Waals surface area contributed by atoms with Crippen LogP contribution in [0.5, 0.6) is 11.5 Å². The number of rotatable bonds is 5. The maximum atomic E-state index is 13.1. The normalized spacial score (nSPS) is 19.5. The number of carbonyl (C=O) groups excluding carboxylic acids is 1. The van der Waals surface area contributed by atoms with Gasteiger partial charge < -0.3 is 14.8 Å². The van der Waals surface area contributed by atoms with Gasteiger partial charge in [0.05, 0.1) is 22.0 Å². The van der Waals surface area contributed by atoms with E-state index in [0.29, 0.717) is 31.2 Å². The molecule has 4 rings (SSSR count). The first-order chi connectivity index (χ1) is 14.9. The van der Waals surface area contributed by atoms with Crippen molar-refractivity contribution in [1.29, 1.82) is 0 Å². The SMILES string of the molecule is O=C(NC[C@H]1COc2ccccc2O1)c1cc(S(=O)(=O)N2CCCCCC2)ccc1Cl. The number of hydrogen-bond acceptors (Lipinski definition) is 5. The van der Waals surface area contributed by atoms with E-state index in [2.05, 4.69) is 5.32 Å². The molecular formula is C22H25ClN2O5S. The molecular weight excluding hydrogens is 440 g/mol. The van der Waals surface area contributed by atoms with E-state index in [1.165, 1.54) is 22.5 Å². The fourth-order valence-corrected chi connectivity index (χ4v) is 5.48. The van der Waals surface area contributed by atoms with Crippen LogP contribution in [-0.2, 0) is 10.0 Å². The lowest BCUT2D eigenvalue weighted by Gasteiger charge is -2.26. The smallest absolute Gasteiger partial charge is 0.252 e. The molecule has 1 fully saturated rings. The average molecular weight is 465 g/mol. The average Bonchev–Trinajstić information content (AvgIpc) is 3.08. The molecule has 1 N–H and O–H groups in total. The Balaban J connectivity index is 1.45. The zero-order valence-electron chi connectivity index (χ0n) is 17.1. The van der Waals surface area contributed by atoms with Gasteiger partial charge in [-0.2, -0.15) is 4.31 Å². The van der Waals surface area contributed by atoms with Crippen molar-refractivity contribution >= 4 is 27.5 Å². The van der Waals surface area contributed by atoms with Crippen LogP contribution < -0.4 is 14.8 Å². The number of benzene rings is 2. The van der Waals surface area contributed by atoms with Crippen molar-refractivity contribution in [2.24, 2.45) is 0 Å². The van der Waals surface area contributed by atoms with Crippen molar-refractivity contribution in [2.45, 2.75) is 36.7 Å². The van der Waals surface area contributed by atoms with Gasteiger partial charge in [-0.15, -0.1) is 0 Å². The molecule has 2 aromatic carbocycles. The molecule has 31 heavy (non-hydrogen) atoms. The molecule has 166 valence electrons. The molecule has 1 amide bonds. The summed E-state index contributed by atoms with van der Waals surface area (Å²) >= 11 is 6.22. The molecule has 2 heterocycles. The van der Waals surface area contributed by atoms with Gasteiger partial charge in [-0.1, -0.05) is 36.6 Å². The number of amides is 1. The molecule has 0 bridgehead atoms. The van der Waals surface area contributed by atoms with Gasteiger partial charge in [0.15, 0.2) is 11.5 Å². The lowest BCUT2D eigenvalue weighted by molar-refractivity contribution is 0.0789. The third kappa shape index (κ3) is 4.97. The molecule has 0 aliphatic carbocycles. The summed E-state index contributed by atoms with van der Waals surface area (Å²) in [6, 6.07) is 11.6. The number of halogens is 1. The highest BCUT2D eigenvalue weighted by molar-refractivity contribution is 7.89. The number of hydrogen-bond donors (Lipinski definition) is 1.